The van der Waals surface area contributed by atoms with Crippen molar-refractivity contribution in [1.29, 1.82) is 0 Å². The van der Waals surface area contributed by atoms with Gasteiger partial charge in [-0.2, -0.15) is 18.3 Å². The van der Waals surface area contributed by atoms with E-state index >= 15 is 0 Å². The lowest BCUT2D eigenvalue weighted by atomic mass is 10.1. The van der Waals surface area contributed by atoms with Gasteiger partial charge in [0.25, 0.3) is 11.5 Å². The number of rotatable bonds is 3. The summed E-state index contributed by atoms with van der Waals surface area (Å²) >= 11 is 0. The van der Waals surface area contributed by atoms with Crippen LogP contribution in [0.5, 0.6) is 5.88 Å². The molecule has 0 bridgehead atoms. The molecule has 0 fully saturated rings. The molecule has 2 N–H and O–H groups in total. The van der Waals surface area contributed by atoms with Crippen LogP contribution in [0.15, 0.2) is 87.8 Å². The number of para-hydroxylation sites is 2. The summed E-state index contributed by atoms with van der Waals surface area (Å²) in [6, 6.07) is 17.4. The summed E-state index contributed by atoms with van der Waals surface area (Å²) in [6.07, 6.45) is -3.66. The Balaban J connectivity index is 1.71. The number of anilines is 1. The number of aromatic hydroxyl groups is 1. The Bertz CT molecular complexity index is 1620. The Labute approximate surface area is 195 Å². The Kier molecular flexibility index (Phi) is 5.20. The maximum atomic E-state index is 13.7. The number of benzene rings is 3. The highest BCUT2D eigenvalue weighted by molar-refractivity contribution is 6.53. The first-order valence-corrected chi connectivity index (χ1v) is 10.3. The third-order valence-corrected chi connectivity index (χ3v) is 5.54. The van der Waals surface area contributed by atoms with Crippen molar-refractivity contribution in [3.63, 3.8) is 0 Å². The SMILES string of the molecule is O=C1Nc2ccccc2/C1=N/N=C/c1c(O)n(-c2ccccc2C(F)(F)F)c(=O)c2ccccc12. The molecule has 2 heterocycles. The molecule has 174 valence electrons. The fourth-order valence-corrected chi connectivity index (χ4v) is 3.97. The van der Waals surface area contributed by atoms with E-state index in [0.29, 0.717) is 15.8 Å². The molecular weight excluding hydrogens is 461 g/mol. The van der Waals surface area contributed by atoms with Gasteiger partial charge in [-0.1, -0.05) is 48.5 Å². The zero-order valence-electron chi connectivity index (χ0n) is 17.7. The molecule has 1 amide bonds. The van der Waals surface area contributed by atoms with Gasteiger partial charge in [-0.15, -0.1) is 5.10 Å². The van der Waals surface area contributed by atoms with Crippen molar-refractivity contribution in [2.24, 2.45) is 10.2 Å². The first-order valence-electron chi connectivity index (χ1n) is 10.3. The van der Waals surface area contributed by atoms with Crippen molar-refractivity contribution in [3.05, 3.63) is 99.8 Å². The summed E-state index contributed by atoms with van der Waals surface area (Å²) in [4.78, 5) is 25.4. The molecule has 0 unspecified atom stereocenters. The van der Waals surface area contributed by atoms with Crippen LogP contribution in [0, 0.1) is 0 Å². The molecule has 7 nitrogen and oxygen atoms in total. The number of halogens is 3. The summed E-state index contributed by atoms with van der Waals surface area (Å²) in [5.74, 6) is -1.22. The Morgan fingerprint density at radius 1 is 0.886 bits per heavy atom. The third kappa shape index (κ3) is 3.74. The predicted octanol–water partition coefficient (Wildman–Crippen LogP) is 4.49. The molecule has 5 rings (SSSR count). The number of carbonyl (C=O) groups excluding carboxylic acids is 1. The molecule has 1 aromatic heterocycles. The van der Waals surface area contributed by atoms with Gasteiger partial charge in [0, 0.05) is 16.3 Å². The minimum absolute atomic E-state index is 0.0341. The molecule has 0 spiro atoms. The average molecular weight is 476 g/mol. The normalized spacial score (nSPS) is 14.6. The number of amides is 1. The van der Waals surface area contributed by atoms with Crippen LogP contribution in [0.25, 0.3) is 16.5 Å². The number of pyridine rings is 1. The van der Waals surface area contributed by atoms with Crippen molar-refractivity contribution in [1.82, 2.24) is 4.57 Å². The van der Waals surface area contributed by atoms with Crippen LogP contribution < -0.4 is 10.9 Å². The van der Waals surface area contributed by atoms with Gasteiger partial charge >= 0.3 is 6.18 Å². The van der Waals surface area contributed by atoms with E-state index in [0.717, 1.165) is 18.3 Å². The molecule has 0 saturated heterocycles. The van der Waals surface area contributed by atoms with Crippen LogP contribution in [-0.2, 0) is 11.0 Å². The van der Waals surface area contributed by atoms with Crippen molar-refractivity contribution in [3.8, 4) is 11.6 Å². The summed E-state index contributed by atoms with van der Waals surface area (Å²) in [7, 11) is 0. The number of nitrogens with one attached hydrogen (secondary N) is 1. The Hall–Kier alpha value is -4.73. The number of carbonyl (C=O) groups is 1. The van der Waals surface area contributed by atoms with Gasteiger partial charge in [-0.3, -0.25) is 9.59 Å². The van der Waals surface area contributed by atoms with E-state index in [4.69, 9.17) is 0 Å². The lowest BCUT2D eigenvalue weighted by Crippen LogP contribution is -2.23. The largest absolute Gasteiger partial charge is 0.494 e. The highest BCUT2D eigenvalue weighted by Crippen LogP contribution is 2.35. The highest BCUT2D eigenvalue weighted by atomic mass is 19.4. The molecule has 0 atom stereocenters. The van der Waals surface area contributed by atoms with Crippen LogP contribution in [0.4, 0.5) is 18.9 Å². The van der Waals surface area contributed by atoms with E-state index in [2.05, 4.69) is 15.5 Å². The minimum Gasteiger partial charge on any atom is -0.494 e. The molecule has 10 heteroatoms. The third-order valence-electron chi connectivity index (χ3n) is 5.54. The summed E-state index contributed by atoms with van der Waals surface area (Å²) < 4.78 is 41.6. The number of alkyl halides is 3. The van der Waals surface area contributed by atoms with Crippen LogP contribution in [0.2, 0.25) is 0 Å². The first kappa shape index (κ1) is 22.1. The van der Waals surface area contributed by atoms with Gasteiger partial charge in [0.05, 0.1) is 28.7 Å². The highest BCUT2D eigenvalue weighted by Gasteiger charge is 2.35. The van der Waals surface area contributed by atoms with Gasteiger partial charge in [0.2, 0.25) is 5.88 Å². The van der Waals surface area contributed by atoms with Gasteiger partial charge in [-0.25, -0.2) is 4.57 Å². The lowest BCUT2D eigenvalue weighted by Gasteiger charge is -2.17. The summed E-state index contributed by atoms with van der Waals surface area (Å²) in [5, 5.41) is 21.9. The zero-order valence-corrected chi connectivity index (χ0v) is 17.7. The molecule has 0 aliphatic carbocycles. The maximum Gasteiger partial charge on any atom is 0.418 e. The standard InChI is InChI=1S/C25H15F3N4O3/c26-25(27,28)18-10-4-6-12-20(18)32-23(34)15-8-2-1-7-14(15)17(24(32)35)13-29-31-21-16-9-3-5-11-19(16)30-22(21)33/h1-13,35H,(H,30,31,33)/b29-13+. The predicted molar refractivity (Wildman–Crippen MR) is 125 cm³/mol. The molecule has 1 aliphatic rings. The van der Waals surface area contributed by atoms with Crippen molar-refractivity contribution in [2.75, 3.05) is 5.32 Å². The molecule has 0 saturated carbocycles. The summed E-state index contributed by atoms with van der Waals surface area (Å²) in [6.45, 7) is 0. The number of hydrogen-bond acceptors (Lipinski definition) is 5. The first-order chi connectivity index (χ1) is 16.8. The van der Waals surface area contributed by atoms with Gasteiger partial charge < -0.3 is 10.4 Å². The molecule has 4 aromatic rings. The minimum atomic E-state index is -4.77. The van der Waals surface area contributed by atoms with E-state index in [1.165, 1.54) is 24.3 Å². The van der Waals surface area contributed by atoms with E-state index in [-0.39, 0.29) is 22.0 Å². The second-order valence-electron chi connectivity index (χ2n) is 7.63. The monoisotopic (exact) mass is 476 g/mol. The second-order valence-corrected chi connectivity index (χ2v) is 7.63. The zero-order chi connectivity index (χ0) is 24.7. The molecule has 1 aliphatic heterocycles. The van der Waals surface area contributed by atoms with Gasteiger partial charge in [-0.05, 0) is 24.3 Å². The van der Waals surface area contributed by atoms with Crippen molar-refractivity contribution in [2.45, 2.75) is 6.18 Å². The maximum absolute atomic E-state index is 13.7. The van der Waals surface area contributed by atoms with E-state index in [1.54, 1.807) is 36.4 Å². The number of aromatic nitrogens is 1. The van der Waals surface area contributed by atoms with Crippen LogP contribution in [-0.4, -0.2) is 27.5 Å². The number of nitrogens with zero attached hydrogens (tertiary/aromatic N) is 3. The van der Waals surface area contributed by atoms with E-state index < -0.39 is 34.8 Å². The number of fused-ring (bicyclic) bond motifs is 2. The Morgan fingerprint density at radius 2 is 1.54 bits per heavy atom. The van der Waals surface area contributed by atoms with E-state index in [9.17, 15) is 27.9 Å². The molecule has 35 heavy (non-hydrogen) atoms. The van der Waals surface area contributed by atoms with Crippen LogP contribution in [0.1, 0.15) is 16.7 Å². The van der Waals surface area contributed by atoms with E-state index in [1.807, 2.05) is 0 Å². The average Bonchev–Trinajstić information content (AvgIpc) is 3.16. The van der Waals surface area contributed by atoms with Crippen molar-refractivity contribution >= 4 is 34.3 Å². The molecule has 3 aromatic carbocycles. The molecule has 0 radical (unpaired) electrons. The smallest absolute Gasteiger partial charge is 0.418 e. The Morgan fingerprint density at radius 3 is 2.31 bits per heavy atom. The summed E-state index contributed by atoms with van der Waals surface area (Å²) in [5.41, 5.74) is -1.34. The fraction of sp³-hybridized carbons (Fsp3) is 0.0400. The van der Waals surface area contributed by atoms with Crippen LogP contribution in [0.3, 0.4) is 0 Å². The fourth-order valence-electron chi connectivity index (χ4n) is 3.97. The van der Waals surface area contributed by atoms with Gasteiger partial charge in [0.15, 0.2) is 5.71 Å². The van der Waals surface area contributed by atoms with Crippen molar-refractivity contribution < 1.29 is 23.1 Å². The van der Waals surface area contributed by atoms with Gasteiger partial charge in [0.1, 0.15) is 0 Å². The molecular formula is C25H15F3N4O3. The lowest BCUT2D eigenvalue weighted by molar-refractivity contribution is -0.137. The number of hydrogen-bond donors (Lipinski definition) is 2. The second kappa shape index (κ2) is 8.24. The van der Waals surface area contributed by atoms with Crippen LogP contribution >= 0.6 is 0 Å². The topological polar surface area (TPSA) is 96.0 Å². The quantitative estimate of drug-likeness (QED) is 0.337.